The Labute approximate surface area is 133 Å². The lowest BCUT2D eigenvalue weighted by molar-refractivity contribution is 0.0519. The van der Waals surface area contributed by atoms with Gasteiger partial charge in [0.15, 0.2) is 0 Å². The quantitative estimate of drug-likeness (QED) is 0.880. The number of hydrogen-bond acceptors (Lipinski definition) is 3. The van der Waals surface area contributed by atoms with Gasteiger partial charge in [-0.15, -0.1) is 0 Å². The van der Waals surface area contributed by atoms with E-state index in [2.05, 4.69) is 41.8 Å². The molecule has 122 valence electrons. The molecule has 0 aliphatic heterocycles. The number of benzene rings is 1. The van der Waals surface area contributed by atoms with Gasteiger partial charge in [-0.2, -0.15) is 0 Å². The van der Waals surface area contributed by atoms with Crippen molar-refractivity contribution in [1.82, 2.24) is 5.32 Å². The predicted molar refractivity (Wildman–Crippen MR) is 90.2 cm³/mol. The number of carbonyl (C=O) groups is 1. The maximum Gasteiger partial charge on any atom is 0.407 e. The molecule has 0 saturated heterocycles. The molecule has 1 saturated carbocycles. The number of hydrogen-bond donors (Lipinski definition) is 2. The molecule has 0 radical (unpaired) electrons. The van der Waals surface area contributed by atoms with Crippen molar-refractivity contribution in [3.8, 4) is 0 Å². The Kier molecular flexibility index (Phi) is 5.33. The molecule has 1 aliphatic rings. The highest BCUT2D eigenvalue weighted by atomic mass is 16.6. The average molecular weight is 304 g/mol. The summed E-state index contributed by atoms with van der Waals surface area (Å²) in [6.45, 7) is 8.39. The topological polar surface area (TPSA) is 50.4 Å². The molecule has 1 aromatic rings. The van der Waals surface area contributed by atoms with Crippen LogP contribution in [0, 0.1) is 12.8 Å². The Morgan fingerprint density at radius 3 is 2.55 bits per heavy atom. The summed E-state index contributed by atoms with van der Waals surface area (Å²) in [5.41, 5.74) is 1.97. The van der Waals surface area contributed by atoms with E-state index in [1.807, 2.05) is 20.8 Å². The molecule has 2 N–H and O–H groups in total. The molecule has 0 bridgehead atoms. The van der Waals surface area contributed by atoms with E-state index in [0.29, 0.717) is 18.5 Å². The van der Waals surface area contributed by atoms with Crippen LogP contribution in [0.1, 0.15) is 45.6 Å². The lowest BCUT2D eigenvalue weighted by Crippen LogP contribution is -2.38. The molecule has 1 fully saturated rings. The molecule has 2 atom stereocenters. The van der Waals surface area contributed by atoms with Gasteiger partial charge >= 0.3 is 6.09 Å². The van der Waals surface area contributed by atoms with Gasteiger partial charge in [-0.05, 0) is 58.6 Å². The summed E-state index contributed by atoms with van der Waals surface area (Å²) in [4.78, 5) is 11.8. The number of aryl methyl sites for hydroxylation is 1. The molecular formula is C18H28N2O2. The van der Waals surface area contributed by atoms with E-state index >= 15 is 0 Å². The Hall–Kier alpha value is -1.71. The summed E-state index contributed by atoms with van der Waals surface area (Å²) in [5.74, 6) is 0.453. The molecule has 4 heteroatoms. The molecule has 2 rings (SSSR count). The van der Waals surface area contributed by atoms with E-state index in [1.165, 1.54) is 12.0 Å². The normalized spacial score (nSPS) is 21.5. The van der Waals surface area contributed by atoms with Crippen LogP contribution >= 0.6 is 0 Å². The van der Waals surface area contributed by atoms with Crippen molar-refractivity contribution in [3.63, 3.8) is 0 Å². The summed E-state index contributed by atoms with van der Waals surface area (Å²) in [7, 11) is 0. The van der Waals surface area contributed by atoms with Crippen molar-refractivity contribution in [2.45, 2.75) is 58.6 Å². The van der Waals surface area contributed by atoms with Crippen LogP contribution in [0.3, 0.4) is 0 Å². The first-order chi connectivity index (χ1) is 10.3. The van der Waals surface area contributed by atoms with Crippen molar-refractivity contribution in [2.24, 2.45) is 5.92 Å². The largest absolute Gasteiger partial charge is 0.444 e. The third kappa shape index (κ3) is 5.24. The zero-order chi connectivity index (χ0) is 16.2. The molecule has 22 heavy (non-hydrogen) atoms. The maximum atomic E-state index is 11.8. The van der Waals surface area contributed by atoms with E-state index in [1.54, 1.807) is 0 Å². The van der Waals surface area contributed by atoms with Crippen LogP contribution in [0.5, 0.6) is 0 Å². The summed E-state index contributed by atoms with van der Waals surface area (Å²) in [6.07, 6.45) is 3.16. The zero-order valence-electron chi connectivity index (χ0n) is 14.1. The molecule has 1 amide bonds. The number of amides is 1. The summed E-state index contributed by atoms with van der Waals surface area (Å²) >= 11 is 0. The Bertz CT molecular complexity index is 491. The smallest absolute Gasteiger partial charge is 0.407 e. The van der Waals surface area contributed by atoms with Crippen molar-refractivity contribution in [3.05, 3.63) is 29.8 Å². The van der Waals surface area contributed by atoms with E-state index in [4.69, 9.17) is 4.74 Å². The third-order valence-corrected chi connectivity index (χ3v) is 3.97. The molecule has 4 nitrogen and oxygen atoms in total. The van der Waals surface area contributed by atoms with E-state index in [0.717, 1.165) is 18.5 Å². The molecule has 0 aromatic heterocycles. The number of rotatable bonds is 4. The van der Waals surface area contributed by atoms with E-state index < -0.39 is 5.60 Å². The highest BCUT2D eigenvalue weighted by molar-refractivity contribution is 5.67. The van der Waals surface area contributed by atoms with Crippen LogP contribution in [-0.4, -0.2) is 24.3 Å². The van der Waals surface area contributed by atoms with Crippen LogP contribution in [-0.2, 0) is 4.74 Å². The summed E-state index contributed by atoms with van der Waals surface area (Å²) in [5, 5.41) is 6.50. The molecule has 0 heterocycles. The molecule has 0 spiro atoms. The number of carbonyl (C=O) groups excluding carboxylic acids is 1. The standard InChI is InChI=1S/C18H28N2O2/c1-13-8-10-15(11-9-13)20-16-7-5-6-14(16)12-19-17(21)22-18(2,3)4/h8-11,14,16,20H,5-7,12H2,1-4H3,(H,19,21). The van der Waals surface area contributed by atoms with Crippen molar-refractivity contribution in [2.75, 3.05) is 11.9 Å². The minimum atomic E-state index is -0.445. The van der Waals surface area contributed by atoms with Gasteiger partial charge in [0.25, 0.3) is 0 Å². The Morgan fingerprint density at radius 1 is 1.23 bits per heavy atom. The first-order valence-corrected chi connectivity index (χ1v) is 8.13. The van der Waals surface area contributed by atoms with Crippen LogP contribution in [0.25, 0.3) is 0 Å². The first-order valence-electron chi connectivity index (χ1n) is 8.13. The van der Waals surface area contributed by atoms with Gasteiger partial charge in [0.2, 0.25) is 0 Å². The molecular weight excluding hydrogens is 276 g/mol. The summed E-state index contributed by atoms with van der Waals surface area (Å²) < 4.78 is 5.29. The highest BCUT2D eigenvalue weighted by Gasteiger charge is 2.28. The van der Waals surface area contributed by atoms with Crippen LogP contribution < -0.4 is 10.6 Å². The number of ether oxygens (including phenoxy) is 1. The molecule has 1 aromatic carbocycles. The Morgan fingerprint density at radius 2 is 1.91 bits per heavy atom. The van der Waals surface area contributed by atoms with Crippen LogP contribution in [0.2, 0.25) is 0 Å². The Balaban J connectivity index is 1.83. The first kappa shape index (κ1) is 16.7. The van der Waals surface area contributed by atoms with Gasteiger partial charge in [-0.25, -0.2) is 4.79 Å². The van der Waals surface area contributed by atoms with Gasteiger partial charge in [0.05, 0.1) is 0 Å². The fourth-order valence-electron chi connectivity index (χ4n) is 2.86. The lowest BCUT2D eigenvalue weighted by Gasteiger charge is -2.24. The average Bonchev–Trinajstić information content (AvgIpc) is 2.84. The van der Waals surface area contributed by atoms with Gasteiger partial charge in [-0.1, -0.05) is 24.1 Å². The number of alkyl carbamates (subject to hydrolysis) is 1. The summed E-state index contributed by atoms with van der Waals surface area (Å²) in [6, 6.07) is 8.88. The van der Waals surface area contributed by atoms with Crippen LogP contribution in [0.15, 0.2) is 24.3 Å². The second-order valence-corrected chi connectivity index (χ2v) is 7.19. The lowest BCUT2D eigenvalue weighted by atomic mass is 10.0. The monoisotopic (exact) mass is 304 g/mol. The van der Waals surface area contributed by atoms with Gasteiger partial charge < -0.3 is 15.4 Å². The van der Waals surface area contributed by atoms with Crippen LogP contribution in [0.4, 0.5) is 10.5 Å². The SMILES string of the molecule is Cc1ccc(NC2CCCC2CNC(=O)OC(C)(C)C)cc1. The zero-order valence-corrected chi connectivity index (χ0v) is 14.1. The number of anilines is 1. The van der Waals surface area contributed by atoms with Gasteiger partial charge in [0, 0.05) is 18.3 Å². The van der Waals surface area contributed by atoms with E-state index in [9.17, 15) is 4.79 Å². The number of nitrogens with one attached hydrogen (secondary N) is 2. The minimum Gasteiger partial charge on any atom is -0.444 e. The third-order valence-electron chi connectivity index (χ3n) is 3.97. The van der Waals surface area contributed by atoms with Crippen molar-refractivity contribution >= 4 is 11.8 Å². The maximum absolute atomic E-state index is 11.8. The van der Waals surface area contributed by atoms with Crippen molar-refractivity contribution < 1.29 is 9.53 Å². The predicted octanol–water partition coefficient (Wildman–Crippen LogP) is 4.10. The molecule has 2 unspecified atom stereocenters. The molecule has 1 aliphatic carbocycles. The fraction of sp³-hybridized carbons (Fsp3) is 0.611. The fourth-order valence-corrected chi connectivity index (χ4v) is 2.86. The van der Waals surface area contributed by atoms with E-state index in [-0.39, 0.29) is 6.09 Å². The highest BCUT2D eigenvalue weighted by Crippen LogP contribution is 2.28. The van der Waals surface area contributed by atoms with Gasteiger partial charge in [-0.3, -0.25) is 0 Å². The minimum absolute atomic E-state index is 0.325. The second-order valence-electron chi connectivity index (χ2n) is 7.19. The second kappa shape index (κ2) is 7.03. The van der Waals surface area contributed by atoms with Crippen molar-refractivity contribution in [1.29, 1.82) is 0 Å². The van der Waals surface area contributed by atoms with Gasteiger partial charge in [0.1, 0.15) is 5.60 Å².